The number of nitrogens with zero attached hydrogens (tertiary/aromatic N) is 3. The van der Waals surface area contributed by atoms with Gasteiger partial charge in [-0.15, -0.1) is 0 Å². The van der Waals surface area contributed by atoms with Gasteiger partial charge in [0.1, 0.15) is 17.3 Å². The second kappa shape index (κ2) is 11.7. The molecule has 0 atom stereocenters. The molecule has 182 valence electrons. The molecular formula is C26H35N5O3. The van der Waals surface area contributed by atoms with E-state index in [4.69, 9.17) is 4.42 Å². The van der Waals surface area contributed by atoms with Gasteiger partial charge in [0.05, 0.1) is 6.54 Å². The summed E-state index contributed by atoms with van der Waals surface area (Å²) in [6.07, 6.45) is 8.46. The van der Waals surface area contributed by atoms with Crippen LogP contribution in [0.2, 0.25) is 0 Å². The van der Waals surface area contributed by atoms with Crippen LogP contribution in [0, 0.1) is 13.8 Å². The van der Waals surface area contributed by atoms with Crippen LogP contribution >= 0.6 is 0 Å². The number of aryl methyl sites for hydroxylation is 1. The van der Waals surface area contributed by atoms with Crippen LogP contribution in [0.1, 0.15) is 47.6 Å². The number of nitrogens with one attached hydrogen (secondary N) is 2. The minimum absolute atomic E-state index is 0.129. The van der Waals surface area contributed by atoms with Crippen molar-refractivity contribution < 1.29 is 14.0 Å². The molecule has 2 N–H and O–H groups in total. The number of pyridine rings is 1. The molecule has 2 aromatic rings. The number of piperazine rings is 1. The van der Waals surface area contributed by atoms with Crippen molar-refractivity contribution in [2.24, 2.45) is 0 Å². The Bertz CT molecular complexity index is 1080. The Balaban J connectivity index is 1.75. The van der Waals surface area contributed by atoms with Crippen LogP contribution in [-0.2, 0) is 22.6 Å². The molecule has 8 nitrogen and oxygen atoms in total. The average Bonchev–Trinajstić information content (AvgIpc) is 3.11. The maximum Gasteiger partial charge on any atom is 0.246 e. The van der Waals surface area contributed by atoms with Crippen molar-refractivity contribution in [2.45, 2.75) is 40.7 Å². The quantitative estimate of drug-likeness (QED) is 0.436. The van der Waals surface area contributed by atoms with Crippen LogP contribution in [0.4, 0.5) is 5.82 Å². The van der Waals surface area contributed by atoms with Gasteiger partial charge < -0.3 is 24.9 Å². The van der Waals surface area contributed by atoms with Gasteiger partial charge in [-0.05, 0) is 62.1 Å². The summed E-state index contributed by atoms with van der Waals surface area (Å²) in [6, 6.07) is 1.92. The molecular weight excluding hydrogens is 430 g/mol. The molecule has 3 rings (SSSR count). The lowest BCUT2D eigenvalue weighted by molar-refractivity contribution is -0.125. The number of aromatic nitrogens is 1. The highest BCUT2D eigenvalue weighted by Gasteiger charge is 2.16. The fourth-order valence-electron chi connectivity index (χ4n) is 4.22. The Morgan fingerprint density at radius 2 is 2.06 bits per heavy atom. The van der Waals surface area contributed by atoms with Crippen molar-refractivity contribution in [1.82, 2.24) is 20.1 Å². The zero-order valence-electron chi connectivity index (χ0n) is 20.8. The number of rotatable bonds is 9. The summed E-state index contributed by atoms with van der Waals surface area (Å²) in [6.45, 7) is 12.3. The SMILES string of the molecule is CCc1c(C)oc(CN(C)C(=O)/C=C/c2cnc(NC=O)c(/C=C(\C)N3CCNCC3)c2)c1C. The van der Waals surface area contributed by atoms with E-state index >= 15 is 0 Å². The molecule has 0 aliphatic carbocycles. The molecule has 1 saturated heterocycles. The second-order valence-electron chi connectivity index (χ2n) is 8.56. The highest BCUT2D eigenvalue weighted by atomic mass is 16.3. The van der Waals surface area contributed by atoms with Crippen molar-refractivity contribution in [1.29, 1.82) is 0 Å². The monoisotopic (exact) mass is 465 g/mol. The molecule has 1 aliphatic rings. The van der Waals surface area contributed by atoms with Gasteiger partial charge in [0.15, 0.2) is 0 Å². The lowest BCUT2D eigenvalue weighted by Crippen LogP contribution is -2.42. The number of carbonyl (C=O) groups is 2. The van der Waals surface area contributed by atoms with Crippen LogP contribution < -0.4 is 10.6 Å². The maximum atomic E-state index is 12.7. The zero-order chi connectivity index (χ0) is 24.7. The van der Waals surface area contributed by atoms with E-state index in [0.717, 1.165) is 66.5 Å². The molecule has 2 aromatic heterocycles. The summed E-state index contributed by atoms with van der Waals surface area (Å²) >= 11 is 0. The molecule has 3 heterocycles. The van der Waals surface area contributed by atoms with E-state index in [9.17, 15) is 9.59 Å². The van der Waals surface area contributed by atoms with Gasteiger partial charge in [0.2, 0.25) is 12.3 Å². The minimum atomic E-state index is -0.129. The van der Waals surface area contributed by atoms with Crippen molar-refractivity contribution in [3.63, 3.8) is 0 Å². The van der Waals surface area contributed by atoms with E-state index in [1.54, 1.807) is 24.2 Å². The van der Waals surface area contributed by atoms with Gasteiger partial charge in [-0.25, -0.2) is 4.98 Å². The topological polar surface area (TPSA) is 90.7 Å². The first-order chi connectivity index (χ1) is 16.3. The Kier molecular flexibility index (Phi) is 8.65. The Morgan fingerprint density at radius 1 is 1.32 bits per heavy atom. The summed E-state index contributed by atoms with van der Waals surface area (Å²) in [5.74, 6) is 2.09. The highest BCUT2D eigenvalue weighted by molar-refractivity contribution is 5.91. The van der Waals surface area contributed by atoms with Gasteiger partial charge in [-0.2, -0.15) is 0 Å². The van der Waals surface area contributed by atoms with E-state index in [1.807, 2.05) is 26.0 Å². The van der Waals surface area contributed by atoms with Crippen LogP contribution in [0.5, 0.6) is 0 Å². The lowest BCUT2D eigenvalue weighted by atomic mass is 10.1. The van der Waals surface area contributed by atoms with Gasteiger partial charge in [0.25, 0.3) is 0 Å². The number of carbonyl (C=O) groups excluding carboxylic acids is 2. The van der Waals surface area contributed by atoms with Crippen molar-refractivity contribution in [3.8, 4) is 0 Å². The van der Waals surface area contributed by atoms with E-state index in [0.29, 0.717) is 18.8 Å². The van der Waals surface area contributed by atoms with Crippen molar-refractivity contribution in [2.75, 3.05) is 38.5 Å². The molecule has 1 fully saturated rings. The zero-order valence-corrected chi connectivity index (χ0v) is 20.8. The van der Waals surface area contributed by atoms with Crippen LogP contribution in [0.3, 0.4) is 0 Å². The van der Waals surface area contributed by atoms with E-state index in [1.165, 1.54) is 11.6 Å². The van der Waals surface area contributed by atoms with Crippen molar-refractivity contribution in [3.05, 3.63) is 57.8 Å². The van der Waals surface area contributed by atoms with Gasteiger partial charge in [-0.1, -0.05) is 6.92 Å². The molecule has 0 radical (unpaired) electrons. The maximum absolute atomic E-state index is 12.7. The Morgan fingerprint density at radius 3 is 2.71 bits per heavy atom. The number of allylic oxidation sites excluding steroid dienone is 1. The molecule has 0 bridgehead atoms. The lowest BCUT2D eigenvalue weighted by Gasteiger charge is -2.30. The normalized spacial score (nSPS) is 14.5. The molecule has 2 amide bonds. The molecule has 8 heteroatoms. The molecule has 34 heavy (non-hydrogen) atoms. The molecule has 0 aromatic carbocycles. The Hall–Kier alpha value is -3.39. The summed E-state index contributed by atoms with van der Waals surface area (Å²) in [5.41, 5.74) is 4.99. The molecule has 0 spiro atoms. The molecule has 1 aliphatic heterocycles. The summed E-state index contributed by atoms with van der Waals surface area (Å²) in [7, 11) is 1.76. The first kappa shape index (κ1) is 25.2. The Labute approximate surface area is 201 Å². The first-order valence-electron chi connectivity index (χ1n) is 11.7. The largest absolute Gasteiger partial charge is 0.464 e. The van der Waals surface area contributed by atoms with Crippen LogP contribution in [-0.4, -0.2) is 60.3 Å². The number of hydrogen-bond donors (Lipinski definition) is 2. The number of furan rings is 1. The average molecular weight is 466 g/mol. The standard InChI is InChI=1S/C26H35N5O3/c1-6-23-19(3)24(34-20(23)4)16-30(5)25(33)8-7-21-14-22(26(28-15-21)29-17-32)13-18(2)31-11-9-27-10-12-31/h7-8,13-15,17,27H,6,9-12,16H2,1-5H3,(H,28,29,32)/b8-7+,18-13+. The number of hydrogen-bond acceptors (Lipinski definition) is 6. The fraction of sp³-hybridized carbons (Fsp3) is 0.423. The summed E-state index contributed by atoms with van der Waals surface area (Å²) in [4.78, 5) is 32.1. The number of anilines is 1. The third kappa shape index (κ3) is 6.14. The fourth-order valence-corrected chi connectivity index (χ4v) is 4.22. The third-order valence-corrected chi connectivity index (χ3v) is 6.22. The van der Waals surface area contributed by atoms with E-state index < -0.39 is 0 Å². The highest BCUT2D eigenvalue weighted by Crippen LogP contribution is 2.23. The first-order valence-corrected chi connectivity index (χ1v) is 11.7. The predicted octanol–water partition coefficient (Wildman–Crippen LogP) is 3.36. The van der Waals surface area contributed by atoms with Crippen LogP contribution in [0.25, 0.3) is 12.2 Å². The summed E-state index contributed by atoms with van der Waals surface area (Å²) < 4.78 is 5.88. The molecule has 0 saturated carbocycles. The third-order valence-electron chi connectivity index (χ3n) is 6.22. The van der Waals surface area contributed by atoms with Crippen LogP contribution in [0.15, 0.2) is 28.5 Å². The number of amides is 2. The second-order valence-corrected chi connectivity index (χ2v) is 8.56. The predicted molar refractivity (Wildman–Crippen MR) is 135 cm³/mol. The van der Waals surface area contributed by atoms with Gasteiger partial charge >= 0.3 is 0 Å². The number of likely N-dealkylation sites (N-methyl/N-ethyl adjacent to an activating group) is 1. The minimum Gasteiger partial charge on any atom is -0.464 e. The van der Waals surface area contributed by atoms with Gasteiger partial charge in [0, 0.05) is 56.8 Å². The van der Waals surface area contributed by atoms with E-state index in [2.05, 4.69) is 34.4 Å². The molecule has 0 unspecified atom stereocenters. The van der Waals surface area contributed by atoms with Gasteiger partial charge in [-0.3, -0.25) is 9.59 Å². The smallest absolute Gasteiger partial charge is 0.246 e. The van der Waals surface area contributed by atoms with E-state index in [-0.39, 0.29) is 5.91 Å². The summed E-state index contributed by atoms with van der Waals surface area (Å²) in [5, 5.41) is 6.01. The van der Waals surface area contributed by atoms with Crippen molar-refractivity contribution >= 4 is 30.3 Å².